The van der Waals surface area contributed by atoms with Gasteiger partial charge in [-0.25, -0.2) is 0 Å². The molecule has 0 bridgehead atoms. The Morgan fingerprint density at radius 1 is 0.882 bits per heavy atom. The molecule has 7 nitrogen and oxygen atoms in total. The summed E-state index contributed by atoms with van der Waals surface area (Å²) >= 11 is 0. The first-order chi connectivity index (χ1) is 16.6. The fourth-order valence-electron chi connectivity index (χ4n) is 3.76. The van der Waals surface area contributed by atoms with Crippen LogP contribution in [-0.2, 0) is 6.42 Å². The van der Waals surface area contributed by atoms with E-state index < -0.39 is 0 Å². The molecule has 1 amide bonds. The van der Waals surface area contributed by atoms with E-state index in [2.05, 4.69) is 10.4 Å². The summed E-state index contributed by atoms with van der Waals surface area (Å²) in [6.07, 6.45) is 0.606. The molecule has 1 heterocycles. The minimum atomic E-state index is -0.336. The zero-order valence-corrected chi connectivity index (χ0v) is 19.3. The number of nitrogens with one attached hydrogen (secondary N) is 1. The number of carbonyl (C=O) groups is 1. The van der Waals surface area contributed by atoms with Gasteiger partial charge in [-0.1, -0.05) is 42.5 Å². The van der Waals surface area contributed by atoms with Crippen molar-refractivity contribution in [3.8, 4) is 17.2 Å². The third-order valence-electron chi connectivity index (χ3n) is 5.33. The molecule has 0 saturated carbocycles. The fraction of sp³-hybridized carbons (Fsp3) is 0.222. The molecule has 7 heteroatoms. The van der Waals surface area contributed by atoms with Crippen LogP contribution >= 0.6 is 0 Å². The van der Waals surface area contributed by atoms with Crippen LogP contribution in [0.1, 0.15) is 29.9 Å². The van der Waals surface area contributed by atoms with Crippen molar-refractivity contribution >= 4 is 16.7 Å². The average Bonchev–Trinajstić information content (AvgIpc) is 2.86. The predicted molar refractivity (Wildman–Crippen MR) is 132 cm³/mol. The molecule has 1 N–H and O–H groups in total. The average molecular weight is 458 g/mol. The highest BCUT2D eigenvalue weighted by Gasteiger charge is 2.17. The first-order valence-electron chi connectivity index (χ1n) is 11.4. The van der Waals surface area contributed by atoms with E-state index in [1.54, 1.807) is 36.4 Å². The Morgan fingerprint density at radius 3 is 2.29 bits per heavy atom. The number of carbonyl (C=O) groups excluding carboxylic acids is 1. The third-order valence-corrected chi connectivity index (χ3v) is 5.33. The number of nitrogens with zero attached hydrogens (tertiary/aromatic N) is 2. The Kier molecular flexibility index (Phi) is 7.22. The highest BCUT2D eigenvalue weighted by Crippen LogP contribution is 2.28. The van der Waals surface area contributed by atoms with Crippen LogP contribution in [0.4, 0.5) is 0 Å². The van der Waals surface area contributed by atoms with Crippen LogP contribution < -0.4 is 20.3 Å². The zero-order chi connectivity index (χ0) is 23.9. The molecular formula is C27H27N3O4. The van der Waals surface area contributed by atoms with Crippen molar-refractivity contribution in [3.05, 3.63) is 94.4 Å². The quantitative estimate of drug-likeness (QED) is 0.408. The highest BCUT2D eigenvalue weighted by atomic mass is 16.5. The Morgan fingerprint density at radius 2 is 1.56 bits per heavy atom. The molecule has 4 rings (SSSR count). The van der Waals surface area contributed by atoms with Gasteiger partial charge in [-0.05, 0) is 56.2 Å². The Bertz CT molecular complexity index is 1350. The second kappa shape index (κ2) is 10.7. The number of benzene rings is 3. The smallest absolute Gasteiger partial charge is 0.279 e. The maximum absolute atomic E-state index is 13.1. The third kappa shape index (κ3) is 4.93. The standard InChI is InChI=1S/C27H27N3O4/c1-3-33-23-15-14-19(18-24(23)34-4-2)16-17-28-26(31)25-21-12-8-9-13-22(21)27(32)30(29-25)20-10-6-5-7-11-20/h5-15,18H,3-4,16-17H2,1-2H3,(H,28,31). The van der Waals surface area contributed by atoms with Gasteiger partial charge in [0.15, 0.2) is 17.2 Å². The normalized spacial score (nSPS) is 10.8. The fourth-order valence-corrected chi connectivity index (χ4v) is 3.76. The number of hydrogen-bond acceptors (Lipinski definition) is 5. The lowest BCUT2D eigenvalue weighted by molar-refractivity contribution is 0.0949. The van der Waals surface area contributed by atoms with Crippen LogP contribution in [0.15, 0.2) is 77.6 Å². The molecule has 0 spiro atoms. The summed E-state index contributed by atoms with van der Waals surface area (Å²) in [6, 6.07) is 21.9. The minimum absolute atomic E-state index is 0.209. The number of rotatable bonds is 9. The van der Waals surface area contributed by atoms with Crippen molar-refractivity contribution in [2.45, 2.75) is 20.3 Å². The van der Waals surface area contributed by atoms with Crippen LogP contribution in [0.25, 0.3) is 16.5 Å². The van der Waals surface area contributed by atoms with Gasteiger partial charge in [0.25, 0.3) is 11.5 Å². The summed E-state index contributed by atoms with van der Waals surface area (Å²) in [7, 11) is 0. The molecule has 4 aromatic rings. The van der Waals surface area contributed by atoms with Crippen molar-refractivity contribution in [1.82, 2.24) is 15.1 Å². The first-order valence-corrected chi connectivity index (χ1v) is 11.4. The molecule has 0 radical (unpaired) electrons. The number of para-hydroxylation sites is 1. The predicted octanol–water partition coefficient (Wildman–Crippen LogP) is 4.16. The van der Waals surface area contributed by atoms with Crippen LogP contribution in [0, 0.1) is 0 Å². The summed E-state index contributed by atoms with van der Waals surface area (Å²) in [6.45, 7) is 5.35. The number of aromatic nitrogens is 2. The summed E-state index contributed by atoms with van der Waals surface area (Å²) in [5.74, 6) is 1.06. The maximum Gasteiger partial charge on any atom is 0.279 e. The van der Waals surface area contributed by atoms with Gasteiger partial charge in [0.1, 0.15) is 0 Å². The molecule has 0 fully saturated rings. The van der Waals surface area contributed by atoms with Crippen molar-refractivity contribution in [2.24, 2.45) is 0 Å². The molecule has 34 heavy (non-hydrogen) atoms. The van der Waals surface area contributed by atoms with E-state index >= 15 is 0 Å². The van der Waals surface area contributed by atoms with Crippen LogP contribution in [0.2, 0.25) is 0 Å². The van der Waals surface area contributed by atoms with E-state index in [0.29, 0.717) is 54.1 Å². The van der Waals surface area contributed by atoms with Gasteiger partial charge >= 0.3 is 0 Å². The Labute approximate surface area is 197 Å². The lowest BCUT2D eigenvalue weighted by Gasteiger charge is -2.13. The molecule has 0 aliphatic rings. The number of fused-ring (bicyclic) bond motifs is 1. The molecular weight excluding hydrogens is 430 g/mol. The molecule has 0 aliphatic carbocycles. The van der Waals surface area contributed by atoms with E-state index in [-0.39, 0.29) is 17.2 Å². The van der Waals surface area contributed by atoms with Gasteiger partial charge in [0.05, 0.1) is 24.3 Å². The summed E-state index contributed by atoms with van der Waals surface area (Å²) in [4.78, 5) is 26.1. The van der Waals surface area contributed by atoms with Gasteiger partial charge < -0.3 is 14.8 Å². The second-order valence-corrected chi connectivity index (χ2v) is 7.60. The Balaban J connectivity index is 1.56. The molecule has 0 aliphatic heterocycles. The molecule has 0 saturated heterocycles. The van der Waals surface area contributed by atoms with Gasteiger partial charge in [0.2, 0.25) is 0 Å². The van der Waals surface area contributed by atoms with E-state index in [1.807, 2.05) is 50.2 Å². The maximum atomic E-state index is 13.1. The molecule has 174 valence electrons. The number of amides is 1. The van der Waals surface area contributed by atoms with Gasteiger partial charge in [-0.15, -0.1) is 0 Å². The number of ether oxygens (including phenoxy) is 2. The Hall–Kier alpha value is -4.13. The van der Waals surface area contributed by atoms with E-state index in [9.17, 15) is 9.59 Å². The van der Waals surface area contributed by atoms with Crippen LogP contribution in [0.5, 0.6) is 11.5 Å². The summed E-state index contributed by atoms with van der Waals surface area (Å²) in [5, 5.41) is 8.33. The lowest BCUT2D eigenvalue weighted by Crippen LogP contribution is -2.31. The first kappa shape index (κ1) is 23.0. The highest BCUT2D eigenvalue weighted by molar-refractivity contribution is 6.04. The van der Waals surface area contributed by atoms with E-state index in [4.69, 9.17) is 9.47 Å². The summed E-state index contributed by atoms with van der Waals surface area (Å²) in [5.41, 5.74) is 1.56. The molecule has 1 aromatic heterocycles. The van der Waals surface area contributed by atoms with Gasteiger partial charge in [-0.3, -0.25) is 9.59 Å². The van der Waals surface area contributed by atoms with Crippen molar-refractivity contribution in [1.29, 1.82) is 0 Å². The van der Waals surface area contributed by atoms with Crippen molar-refractivity contribution < 1.29 is 14.3 Å². The molecule has 0 atom stereocenters. The van der Waals surface area contributed by atoms with E-state index in [0.717, 1.165) is 5.56 Å². The minimum Gasteiger partial charge on any atom is -0.490 e. The van der Waals surface area contributed by atoms with Crippen LogP contribution in [0.3, 0.4) is 0 Å². The van der Waals surface area contributed by atoms with Gasteiger partial charge in [0, 0.05) is 11.9 Å². The topological polar surface area (TPSA) is 82.5 Å². The largest absolute Gasteiger partial charge is 0.490 e. The zero-order valence-electron chi connectivity index (χ0n) is 19.3. The number of hydrogen-bond donors (Lipinski definition) is 1. The lowest BCUT2D eigenvalue weighted by atomic mass is 10.1. The SMILES string of the molecule is CCOc1ccc(CCNC(=O)c2nn(-c3ccccc3)c(=O)c3ccccc23)cc1OCC. The van der Waals surface area contributed by atoms with Crippen molar-refractivity contribution in [3.63, 3.8) is 0 Å². The van der Waals surface area contributed by atoms with Crippen LogP contribution in [-0.4, -0.2) is 35.4 Å². The van der Waals surface area contributed by atoms with E-state index in [1.165, 1.54) is 4.68 Å². The molecule has 0 unspecified atom stereocenters. The summed E-state index contributed by atoms with van der Waals surface area (Å²) < 4.78 is 12.6. The molecule has 3 aromatic carbocycles. The second-order valence-electron chi connectivity index (χ2n) is 7.60. The van der Waals surface area contributed by atoms with Gasteiger partial charge in [-0.2, -0.15) is 9.78 Å². The van der Waals surface area contributed by atoms with Crippen molar-refractivity contribution in [2.75, 3.05) is 19.8 Å². The monoisotopic (exact) mass is 457 g/mol.